The van der Waals surface area contributed by atoms with Crippen LogP contribution in [0.3, 0.4) is 0 Å². The molecule has 0 spiro atoms. The van der Waals surface area contributed by atoms with Crippen molar-refractivity contribution in [3.63, 3.8) is 0 Å². The topological polar surface area (TPSA) is 69.9 Å². The highest BCUT2D eigenvalue weighted by Crippen LogP contribution is 2.41. The Balaban J connectivity index is 1.95. The first-order valence-electron chi connectivity index (χ1n) is 8.02. The number of allylic oxidation sites excluding steroid dienone is 1. The Morgan fingerprint density at radius 2 is 1.92 bits per heavy atom. The molecule has 1 heterocycles. The molecule has 0 saturated carbocycles. The van der Waals surface area contributed by atoms with E-state index in [1.165, 1.54) is 6.07 Å². The quantitative estimate of drug-likeness (QED) is 0.739. The monoisotopic (exact) mass is 326 g/mol. The molecule has 4 nitrogen and oxygen atoms in total. The molecule has 1 aliphatic heterocycles. The summed E-state index contributed by atoms with van der Waals surface area (Å²) in [5.74, 6) is 1.06. The third-order valence-electron chi connectivity index (χ3n) is 4.78. The lowest BCUT2D eigenvalue weighted by molar-refractivity contribution is 0.258. The van der Waals surface area contributed by atoms with E-state index in [0.717, 1.165) is 22.3 Å². The third kappa shape index (κ3) is 2.92. The highest BCUT2D eigenvalue weighted by atomic mass is 16.5. The highest BCUT2D eigenvalue weighted by molar-refractivity contribution is 5.51. The van der Waals surface area contributed by atoms with E-state index in [0.29, 0.717) is 18.8 Å². The van der Waals surface area contributed by atoms with Crippen LogP contribution < -0.4 is 4.74 Å². The number of hydrogen-bond donors (Lipinski definition) is 3. The normalized spacial score (nSPS) is 17.7. The van der Waals surface area contributed by atoms with Crippen molar-refractivity contribution < 1.29 is 20.1 Å². The fourth-order valence-electron chi connectivity index (χ4n) is 3.13. The maximum atomic E-state index is 10.3. The number of phenols is 3. The maximum Gasteiger partial charge on any atom is 0.126 e. The minimum Gasteiger partial charge on any atom is -0.508 e. The van der Waals surface area contributed by atoms with Gasteiger partial charge in [-0.05, 0) is 31.0 Å². The van der Waals surface area contributed by atoms with Gasteiger partial charge in [0.05, 0.1) is 6.61 Å². The second-order valence-corrected chi connectivity index (χ2v) is 6.54. The molecule has 1 aliphatic rings. The van der Waals surface area contributed by atoms with Crippen LogP contribution in [0.5, 0.6) is 23.0 Å². The van der Waals surface area contributed by atoms with Gasteiger partial charge in [-0.25, -0.2) is 0 Å². The molecule has 4 heteroatoms. The number of ether oxygens (including phenoxy) is 1. The van der Waals surface area contributed by atoms with Crippen LogP contribution in [0.1, 0.15) is 42.4 Å². The molecule has 126 valence electrons. The van der Waals surface area contributed by atoms with Gasteiger partial charge in [-0.15, -0.1) is 0 Å². The number of hydrogen-bond acceptors (Lipinski definition) is 4. The Kier molecular flexibility index (Phi) is 4.14. The standard InChI is InChI=1S/C20H22O4/c1-11(2)12(3)17-7-13-6-14(10-24-20(13)9-19(17)23)16-5-4-15(21)8-18(16)22/h4-5,7-9,12,14,21-23H,1,6,10H2,2-3H3/t12-,14-/m1/s1. The van der Waals surface area contributed by atoms with E-state index in [9.17, 15) is 15.3 Å². The minimum absolute atomic E-state index is 0.00405. The van der Waals surface area contributed by atoms with Gasteiger partial charge >= 0.3 is 0 Å². The molecule has 3 N–H and O–H groups in total. The van der Waals surface area contributed by atoms with E-state index in [-0.39, 0.29) is 29.1 Å². The number of benzene rings is 2. The van der Waals surface area contributed by atoms with Crippen molar-refractivity contribution in [2.45, 2.75) is 32.1 Å². The number of rotatable bonds is 3. The molecule has 2 aromatic carbocycles. The zero-order valence-electron chi connectivity index (χ0n) is 13.9. The molecule has 0 bridgehead atoms. The maximum absolute atomic E-state index is 10.3. The minimum atomic E-state index is -0.00405. The van der Waals surface area contributed by atoms with E-state index in [1.54, 1.807) is 18.2 Å². The summed E-state index contributed by atoms with van der Waals surface area (Å²) in [6.45, 7) is 8.34. The van der Waals surface area contributed by atoms with Crippen molar-refractivity contribution in [3.8, 4) is 23.0 Å². The molecule has 2 atom stereocenters. The summed E-state index contributed by atoms with van der Waals surface area (Å²) in [5, 5.41) is 29.8. The second kappa shape index (κ2) is 6.11. The van der Waals surface area contributed by atoms with Gasteiger partial charge in [0.15, 0.2) is 0 Å². The first kappa shape index (κ1) is 16.2. The summed E-state index contributed by atoms with van der Waals surface area (Å²) in [6.07, 6.45) is 0.698. The van der Waals surface area contributed by atoms with Gasteiger partial charge in [0.25, 0.3) is 0 Å². The van der Waals surface area contributed by atoms with Crippen LogP contribution >= 0.6 is 0 Å². The van der Waals surface area contributed by atoms with Gasteiger partial charge in [-0.1, -0.05) is 25.1 Å². The van der Waals surface area contributed by atoms with E-state index in [4.69, 9.17) is 4.74 Å². The fraction of sp³-hybridized carbons (Fsp3) is 0.300. The van der Waals surface area contributed by atoms with Crippen LogP contribution in [0.25, 0.3) is 0 Å². The molecule has 0 fully saturated rings. The van der Waals surface area contributed by atoms with Gasteiger partial charge in [0.1, 0.15) is 23.0 Å². The molecule has 0 radical (unpaired) electrons. The lowest BCUT2D eigenvalue weighted by Gasteiger charge is -2.27. The van der Waals surface area contributed by atoms with Gasteiger partial charge in [0, 0.05) is 35.1 Å². The average molecular weight is 326 g/mol. The predicted molar refractivity (Wildman–Crippen MR) is 93.0 cm³/mol. The molecule has 0 aromatic heterocycles. The van der Waals surface area contributed by atoms with Crippen molar-refractivity contribution in [3.05, 3.63) is 59.2 Å². The molecular weight excluding hydrogens is 304 g/mol. The molecule has 0 saturated heterocycles. The highest BCUT2D eigenvalue weighted by Gasteiger charge is 2.26. The van der Waals surface area contributed by atoms with Crippen molar-refractivity contribution in [2.75, 3.05) is 6.61 Å². The molecule has 0 unspecified atom stereocenters. The van der Waals surface area contributed by atoms with Crippen LogP contribution in [0.15, 0.2) is 42.5 Å². The third-order valence-corrected chi connectivity index (χ3v) is 4.78. The molecular formula is C20H22O4. The van der Waals surface area contributed by atoms with Crippen molar-refractivity contribution in [1.29, 1.82) is 0 Å². The lowest BCUT2D eigenvalue weighted by atomic mass is 9.86. The summed E-state index contributed by atoms with van der Waals surface area (Å²) >= 11 is 0. The zero-order valence-corrected chi connectivity index (χ0v) is 13.9. The SMILES string of the molecule is C=C(C)[C@@H](C)c1cc2c(cc1O)OC[C@H](c1ccc(O)cc1O)C2. The molecule has 0 aliphatic carbocycles. The van der Waals surface area contributed by atoms with Gasteiger partial charge < -0.3 is 20.1 Å². The van der Waals surface area contributed by atoms with Crippen molar-refractivity contribution in [1.82, 2.24) is 0 Å². The largest absolute Gasteiger partial charge is 0.508 e. The van der Waals surface area contributed by atoms with Crippen molar-refractivity contribution in [2.24, 2.45) is 0 Å². The van der Waals surface area contributed by atoms with Crippen LogP contribution in [0.4, 0.5) is 0 Å². The Morgan fingerprint density at radius 3 is 2.58 bits per heavy atom. The smallest absolute Gasteiger partial charge is 0.126 e. The Morgan fingerprint density at radius 1 is 1.17 bits per heavy atom. The summed E-state index contributed by atoms with van der Waals surface area (Å²) in [7, 11) is 0. The van der Waals surface area contributed by atoms with Gasteiger partial charge in [-0.2, -0.15) is 0 Å². The lowest BCUT2D eigenvalue weighted by Crippen LogP contribution is -2.19. The number of aromatic hydroxyl groups is 3. The van der Waals surface area contributed by atoms with E-state index in [1.807, 2.05) is 19.9 Å². The van der Waals surface area contributed by atoms with Crippen LogP contribution in [0, 0.1) is 0 Å². The van der Waals surface area contributed by atoms with Crippen LogP contribution in [-0.2, 0) is 6.42 Å². The first-order chi connectivity index (χ1) is 11.4. The summed E-state index contributed by atoms with van der Waals surface area (Å²) in [6, 6.07) is 8.26. The second-order valence-electron chi connectivity index (χ2n) is 6.54. The molecule has 2 aromatic rings. The average Bonchev–Trinajstić information content (AvgIpc) is 2.53. The van der Waals surface area contributed by atoms with Crippen LogP contribution in [-0.4, -0.2) is 21.9 Å². The van der Waals surface area contributed by atoms with Gasteiger partial charge in [-0.3, -0.25) is 0 Å². The summed E-state index contributed by atoms with van der Waals surface area (Å²) in [5.41, 5.74) is 3.57. The van der Waals surface area contributed by atoms with Gasteiger partial charge in [0.2, 0.25) is 0 Å². The Hall–Kier alpha value is -2.62. The zero-order chi connectivity index (χ0) is 17.4. The van der Waals surface area contributed by atoms with Crippen LogP contribution in [0.2, 0.25) is 0 Å². The Bertz CT molecular complexity index is 794. The fourth-order valence-corrected chi connectivity index (χ4v) is 3.13. The molecule has 3 rings (SSSR count). The van der Waals surface area contributed by atoms with E-state index in [2.05, 4.69) is 6.58 Å². The molecule has 0 amide bonds. The van der Waals surface area contributed by atoms with Crippen molar-refractivity contribution >= 4 is 0 Å². The van der Waals surface area contributed by atoms with E-state index >= 15 is 0 Å². The summed E-state index contributed by atoms with van der Waals surface area (Å²) in [4.78, 5) is 0. The first-order valence-corrected chi connectivity index (χ1v) is 8.02. The number of fused-ring (bicyclic) bond motifs is 1. The predicted octanol–water partition coefficient (Wildman–Crippen LogP) is 4.20. The summed E-state index contributed by atoms with van der Waals surface area (Å²) < 4.78 is 5.80. The molecule has 24 heavy (non-hydrogen) atoms. The van der Waals surface area contributed by atoms with E-state index < -0.39 is 0 Å². The Labute approximate surface area is 141 Å². The number of phenolic OH excluding ortho intramolecular Hbond substituents is 3.